The van der Waals surface area contributed by atoms with Crippen LogP contribution in [0.15, 0.2) is 47.0 Å². The van der Waals surface area contributed by atoms with Crippen LogP contribution in [0.1, 0.15) is 30.5 Å². The molecule has 0 atom stereocenters. The number of aromatic nitrogens is 1. The van der Waals surface area contributed by atoms with Gasteiger partial charge in [-0.3, -0.25) is 4.79 Å². The highest BCUT2D eigenvalue weighted by Gasteiger charge is 2.39. The van der Waals surface area contributed by atoms with E-state index in [0.717, 1.165) is 49.2 Å². The minimum Gasteiger partial charge on any atom is -0.371 e. The summed E-state index contributed by atoms with van der Waals surface area (Å²) >= 11 is 0. The molecule has 1 saturated heterocycles. The van der Waals surface area contributed by atoms with Gasteiger partial charge in [0, 0.05) is 30.2 Å². The molecule has 1 aromatic heterocycles. The molecular formula is C23H27FN4O2. The highest BCUT2D eigenvalue weighted by atomic mass is 19.1. The van der Waals surface area contributed by atoms with Gasteiger partial charge in [0.2, 0.25) is 5.91 Å². The molecule has 0 bridgehead atoms. The number of nitrogens with zero attached hydrogens (tertiary/aromatic N) is 2. The first-order chi connectivity index (χ1) is 14.4. The molecule has 3 N–H and O–H groups in total. The van der Waals surface area contributed by atoms with Gasteiger partial charge < -0.3 is 20.5 Å². The van der Waals surface area contributed by atoms with Gasteiger partial charge in [0.25, 0.3) is 0 Å². The van der Waals surface area contributed by atoms with Gasteiger partial charge in [0.15, 0.2) is 5.58 Å². The lowest BCUT2D eigenvalue weighted by atomic mass is 9.86. The van der Waals surface area contributed by atoms with Crippen LogP contribution < -0.4 is 11.1 Å². The highest BCUT2D eigenvalue weighted by Crippen LogP contribution is 2.28. The normalized spacial score (nSPS) is 16.6. The van der Waals surface area contributed by atoms with Crippen LogP contribution in [-0.4, -0.2) is 41.1 Å². The van der Waals surface area contributed by atoms with Crippen molar-refractivity contribution in [1.29, 1.82) is 0 Å². The monoisotopic (exact) mass is 410 g/mol. The van der Waals surface area contributed by atoms with Crippen LogP contribution in [0, 0.1) is 12.7 Å². The Morgan fingerprint density at radius 2 is 1.97 bits per heavy atom. The van der Waals surface area contributed by atoms with Crippen LogP contribution in [0.25, 0.3) is 11.0 Å². The molecule has 3 aromatic rings. The lowest BCUT2D eigenvalue weighted by Gasteiger charge is -2.40. The van der Waals surface area contributed by atoms with E-state index in [1.54, 1.807) is 6.07 Å². The van der Waals surface area contributed by atoms with Gasteiger partial charge >= 0.3 is 0 Å². The standard InChI is InChI=1S/C23H27FN4O2/c1-16-4-7-18(8-5-16)26-23(22(25)29)10-13-28(14-11-23)12-2-3-20-19-9-6-17(24)15-21(19)30-27-20/h4-9,15,26H,2-3,10-14H2,1H3,(H2,25,29). The van der Waals surface area contributed by atoms with E-state index in [1.165, 1.54) is 17.7 Å². The third-order valence-electron chi connectivity index (χ3n) is 6.01. The van der Waals surface area contributed by atoms with E-state index in [4.69, 9.17) is 10.3 Å². The van der Waals surface area contributed by atoms with Crippen molar-refractivity contribution >= 4 is 22.6 Å². The van der Waals surface area contributed by atoms with Crippen LogP contribution >= 0.6 is 0 Å². The Balaban J connectivity index is 1.31. The molecule has 30 heavy (non-hydrogen) atoms. The molecule has 0 saturated carbocycles. The van der Waals surface area contributed by atoms with Crippen molar-refractivity contribution in [2.45, 2.75) is 38.1 Å². The Morgan fingerprint density at radius 1 is 1.23 bits per heavy atom. The SMILES string of the molecule is Cc1ccc(NC2(C(N)=O)CCN(CCCc3noc4cc(F)ccc34)CC2)cc1. The Bertz CT molecular complexity index is 1020. The molecule has 1 aliphatic rings. The van der Waals surface area contributed by atoms with Gasteiger partial charge in [-0.25, -0.2) is 4.39 Å². The highest BCUT2D eigenvalue weighted by molar-refractivity contribution is 5.88. The zero-order chi connectivity index (χ0) is 21.1. The van der Waals surface area contributed by atoms with Crippen LogP contribution in [0.2, 0.25) is 0 Å². The van der Waals surface area contributed by atoms with Crippen LogP contribution in [-0.2, 0) is 11.2 Å². The number of rotatable bonds is 7. The molecule has 0 unspecified atom stereocenters. The van der Waals surface area contributed by atoms with Crippen molar-refractivity contribution in [2.75, 3.05) is 25.0 Å². The Kier molecular flexibility index (Phi) is 5.72. The maximum atomic E-state index is 13.3. The second-order valence-corrected chi connectivity index (χ2v) is 8.15. The van der Waals surface area contributed by atoms with Crippen molar-refractivity contribution in [1.82, 2.24) is 10.1 Å². The zero-order valence-corrected chi connectivity index (χ0v) is 17.2. The van der Waals surface area contributed by atoms with E-state index >= 15 is 0 Å². The molecule has 2 heterocycles. The maximum Gasteiger partial charge on any atom is 0.243 e. The Morgan fingerprint density at radius 3 is 2.67 bits per heavy atom. The number of amides is 1. The number of halogens is 1. The summed E-state index contributed by atoms with van der Waals surface area (Å²) in [5, 5.41) is 8.34. The third-order valence-corrected chi connectivity index (χ3v) is 6.01. The fraction of sp³-hybridized carbons (Fsp3) is 0.391. The number of piperidine rings is 1. The second-order valence-electron chi connectivity index (χ2n) is 8.15. The van der Waals surface area contributed by atoms with E-state index in [9.17, 15) is 9.18 Å². The number of primary amides is 1. The third kappa shape index (κ3) is 4.31. The predicted octanol–water partition coefficient (Wildman–Crippen LogP) is 3.64. The zero-order valence-electron chi connectivity index (χ0n) is 17.2. The van der Waals surface area contributed by atoms with E-state index in [-0.39, 0.29) is 11.7 Å². The second kappa shape index (κ2) is 8.44. The van der Waals surface area contributed by atoms with Gasteiger partial charge in [-0.2, -0.15) is 0 Å². The van der Waals surface area contributed by atoms with Gasteiger partial charge in [-0.15, -0.1) is 0 Å². The van der Waals surface area contributed by atoms with Crippen LogP contribution in [0.4, 0.5) is 10.1 Å². The Labute approximate surface area is 175 Å². The molecular weight excluding hydrogens is 383 g/mol. The van der Waals surface area contributed by atoms with Gasteiger partial charge in [-0.1, -0.05) is 22.9 Å². The summed E-state index contributed by atoms with van der Waals surface area (Å²) in [6.45, 7) is 4.53. The fourth-order valence-corrected chi connectivity index (χ4v) is 4.12. The summed E-state index contributed by atoms with van der Waals surface area (Å²) in [6.07, 6.45) is 3.01. The number of hydrogen-bond donors (Lipinski definition) is 2. The molecule has 7 heteroatoms. The van der Waals surface area contributed by atoms with Crippen molar-refractivity contribution < 1.29 is 13.7 Å². The van der Waals surface area contributed by atoms with E-state index in [2.05, 4.69) is 15.4 Å². The van der Waals surface area contributed by atoms with E-state index in [0.29, 0.717) is 18.4 Å². The van der Waals surface area contributed by atoms with Crippen molar-refractivity contribution in [3.05, 3.63) is 59.5 Å². The minimum absolute atomic E-state index is 0.302. The molecule has 2 aromatic carbocycles. The minimum atomic E-state index is -0.710. The lowest BCUT2D eigenvalue weighted by Crippen LogP contribution is -2.57. The average molecular weight is 410 g/mol. The van der Waals surface area contributed by atoms with Crippen molar-refractivity contribution in [2.24, 2.45) is 5.73 Å². The van der Waals surface area contributed by atoms with Crippen molar-refractivity contribution in [3.63, 3.8) is 0 Å². The number of fused-ring (bicyclic) bond motifs is 1. The van der Waals surface area contributed by atoms with Crippen LogP contribution in [0.5, 0.6) is 0 Å². The molecule has 6 nitrogen and oxygen atoms in total. The summed E-state index contributed by atoms with van der Waals surface area (Å²) in [4.78, 5) is 14.6. The number of hydrogen-bond acceptors (Lipinski definition) is 5. The first-order valence-corrected chi connectivity index (χ1v) is 10.4. The number of likely N-dealkylation sites (tertiary alicyclic amines) is 1. The van der Waals surface area contributed by atoms with Crippen LogP contribution in [0.3, 0.4) is 0 Å². The number of aryl methyl sites for hydroxylation is 2. The topological polar surface area (TPSA) is 84.4 Å². The molecule has 0 spiro atoms. The van der Waals surface area contributed by atoms with E-state index < -0.39 is 5.54 Å². The molecule has 1 fully saturated rings. The fourth-order valence-electron chi connectivity index (χ4n) is 4.12. The molecule has 1 aliphatic heterocycles. The summed E-state index contributed by atoms with van der Waals surface area (Å²) in [7, 11) is 0. The predicted molar refractivity (Wildman–Crippen MR) is 115 cm³/mol. The number of benzene rings is 2. The Hall–Kier alpha value is -2.93. The molecule has 1 amide bonds. The van der Waals surface area contributed by atoms with Gasteiger partial charge in [-0.05, 0) is 63.4 Å². The summed E-state index contributed by atoms with van der Waals surface area (Å²) in [5.41, 5.74) is 8.51. The molecule has 4 rings (SSSR count). The largest absolute Gasteiger partial charge is 0.371 e. The first kappa shape index (κ1) is 20.3. The first-order valence-electron chi connectivity index (χ1n) is 10.4. The number of carbonyl (C=O) groups excluding carboxylic acids is 1. The number of anilines is 1. The number of carbonyl (C=O) groups is 1. The van der Waals surface area contributed by atoms with Gasteiger partial charge in [0.05, 0.1) is 5.69 Å². The summed E-state index contributed by atoms with van der Waals surface area (Å²) < 4.78 is 18.5. The number of nitrogens with one attached hydrogen (secondary N) is 1. The molecule has 0 aliphatic carbocycles. The summed E-state index contributed by atoms with van der Waals surface area (Å²) in [5.74, 6) is -0.625. The summed E-state index contributed by atoms with van der Waals surface area (Å²) in [6, 6.07) is 12.5. The van der Waals surface area contributed by atoms with Crippen molar-refractivity contribution in [3.8, 4) is 0 Å². The quantitative estimate of drug-likeness (QED) is 0.621. The van der Waals surface area contributed by atoms with Gasteiger partial charge in [0.1, 0.15) is 11.4 Å². The maximum absolute atomic E-state index is 13.3. The molecule has 158 valence electrons. The number of nitrogens with two attached hydrogens (primary N) is 1. The smallest absolute Gasteiger partial charge is 0.243 e. The molecule has 0 radical (unpaired) electrons. The average Bonchev–Trinajstić information content (AvgIpc) is 3.13. The lowest BCUT2D eigenvalue weighted by molar-refractivity contribution is -0.123. The van der Waals surface area contributed by atoms with E-state index in [1.807, 2.05) is 31.2 Å².